The Hall–Kier alpha value is -1.20. The molecule has 0 atom stereocenters. The Bertz CT molecular complexity index is 295. The summed E-state index contributed by atoms with van der Waals surface area (Å²) in [5.74, 6) is 0. The first kappa shape index (κ1) is 12.3. The number of nitrogens with one attached hydrogen (secondary N) is 1. The van der Waals surface area contributed by atoms with Gasteiger partial charge in [-0.05, 0) is 13.1 Å². The van der Waals surface area contributed by atoms with E-state index in [2.05, 4.69) is 39.6 Å². The second-order valence-corrected chi connectivity index (χ2v) is 4.49. The van der Waals surface area contributed by atoms with Gasteiger partial charge in [0.15, 0.2) is 0 Å². The zero-order valence-electron chi connectivity index (χ0n) is 10.7. The van der Waals surface area contributed by atoms with Gasteiger partial charge in [0.2, 0.25) is 0 Å². The molecule has 1 fully saturated rings. The summed E-state index contributed by atoms with van der Waals surface area (Å²) < 4.78 is 5.08. The number of rotatable bonds is 4. The highest BCUT2D eigenvalue weighted by atomic mass is 16.5. The van der Waals surface area contributed by atoms with Gasteiger partial charge in [-0.1, -0.05) is 0 Å². The van der Waals surface area contributed by atoms with Crippen molar-refractivity contribution < 1.29 is 4.74 Å². The summed E-state index contributed by atoms with van der Waals surface area (Å²) in [4.78, 5) is 4.79. The molecule has 0 aromatic rings. The van der Waals surface area contributed by atoms with Crippen molar-refractivity contribution in [2.45, 2.75) is 0 Å². The number of allylic oxidation sites excluding steroid dienone is 1. The molecule has 0 unspecified atom stereocenters. The highest BCUT2D eigenvalue weighted by molar-refractivity contribution is 5.19. The van der Waals surface area contributed by atoms with Crippen LogP contribution < -0.4 is 5.43 Å². The third-order valence-electron chi connectivity index (χ3n) is 3.19. The van der Waals surface area contributed by atoms with Gasteiger partial charge >= 0.3 is 0 Å². The third kappa shape index (κ3) is 3.38. The highest BCUT2D eigenvalue weighted by Gasteiger charge is 2.16. The van der Waals surface area contributed by atoms with E-state index in [4.69, 9.17) is 4.74 Å². The van der Waals surface area contributed by atoms with E-state index in [-0.39, 0.29) is 0 Å². The van der Waals surface area contributed by atoms with Crippen molar-refractivity contribution in [3.8, 4) is 0 Å². The van der Waals surface area contributed by atoms with Crippen molar-refractivity contribution >= 4 is 0 Å². The normalized spacial score (nSPS) is 21.4. The summed E-state index contributed by atoms with van der Waals surface area (Å²) in [7, 11) is 3.90. The van der Waals surface area contributed by atoms with Crippen molar-refractivity contribution in [1.29, 1.82) is 0 Å². The van der Waals surface area contributed by atoms with Crippen LogP contribution in [0.25, 0.3) is 0 Å². The molecule has 96 valence electrons. The molecule has 0 amide bonds. The quantitative estimate of drug-likeness (QED) is 0.748. The van der Waals surface area contributed by atoms with Gasteiger partial charge in [-0.25, -0.2) is 0 Å². The van der Waals surface area contributed by atoms with Crippen LogP contribution in [0, 0.1) is 0 Å². The van der Waals surface area contributed by atoms with Crippen LogP contribution in [-0.2, 0) is 4.74 Å². The second kappa shape index (κ2) is 5.93. The summed E-state index contributed by atoms with van der Waals surface area (Å²) >= 11 is 0. The molecule has 0 saturated carbocycles. The van der Waals surface area contributed by atoms with E-state index in [9.17, 15) is 0 Å². The molecule has 1 saturated heterocycles. The molecule has 1 N–H and O–H groups in total. The number of hydrazine groups is 1. The van der Waals surface area contributed by atoms with Crippen LogP contribution in [0.3, 0.4) is 0 Å². The van der Waals surface area contributed by atoms with E-state index in [0.717, 1.165) is 39.3 Å². The lowest BCUT2D eigenvalue weighted by atomic mass is 10.2. The van der Waals surface area contributed by atoms with Crippen molar-refractivity contribution in [1.82, 2.24) is 20.2 Å². The van der Waals surface area contributed by atoms with Crippen molar-refractivity contribution in [3.63, 3.8) is 0 Å². The monoisotopic (exact) mass is 238 g/mol. The number of nitrogens with zero attached hydrogens (tertiary/aromatic N) is 3. The second-order valence-electron chi connectivity index (χ2n) is 4.49. The molecule has 0 aliphatic carbocycles. The van der Waals surface area contributed by atoms with Crippen LogP contribution in [0.1, 0.15) is 0 Å². The Morgan fingerprint density at radius 1 is 1.29 bits per heavy atom. The summed E-state index contributed by atoms with van der Waals surface area (Å²) in [5.41, 5.74) is 4.48. The Kier molecular flexibility index (Phi) is 4.28. The summed E-state index contributed by atoms with van der Waals surface area (Å²) in [6, 6.07) is 0. The molecular formula is C12H22N4O. The largest absolute Gasteiger partial charge is 0.383 e. The first-order valence-corrected chi connectivity index (χ1v) is 6.13. The third-order valence-corrected chi connectivity index (χ3v) is 3.19. The molecule has 0 aromatic carbocycles. The van der Waals surface area contributed by atoms with E-state index in [1.54, 1.807) is 7.11 Å². The molecule has 2 rings (SSSR count). The minimum absolute atomic E-state index is 0.730. The Balaban J connectivity index is 1.90. The fourth-order valence-corrected chi connectivity index (χ4v) is 2.03. The first-order valence-electron chi connectivity index (χ1n) is 6.13. The van der Waals surface area contributed by atoms with Gasteiger partial charge in [0.05, 0.1) is 18.8 Å². The average molecular weight is 238 g/mol. The molecule has 2 aliphatic heterocycles. The van der Waals surface area contributed by atoms with Crippen LogP contribution in [-0.4, -0.2) is 68.3 Å². The van der Waals surface area contributed by atoms with Crippen LogP contribution in [0.15, 0.2) is 24.2 Å². The van der Waals surface area contributed by atoms with E-state index in [1.165, 1.54) is 5.70 Å². The lowest BCUT2D eigenvalue weighted by Crippen LogP contribution is -2.45. The Morgan fingerprint density at radius 2 is 2.06 bits per heavy atom. The van der Waals surface area contributed by atoms with Crippen molar-refractivity contribution in [2.75, 3.05) is 53.5 Å². The van der Waals surface area contributed by atoms with E-state index in [0.29, 0.717) is 0 Å². The number of hydrogen-bond donors (Lipinski definition) is 1. The zero-order valence-corrected chi connectivity index (χ0v) is 10.7. The van der Waals surface area contributed by atoms with Gasteiger partial charge < -0.3 is 20.0 Å². The number of hydrogen-bond acceptors (Lipinski definition) is 5. The summed E-state index contributed by atoms with van der Waals surface area (Å²) in [6.07, 6.45) is 6.28. The van der Waals surface area contributed by atoms with E-state index >= 15 is 0 Å². The predicted molar refractivity (Wildman–Crippen MR) is 68.0 cm³/mol. The van der Waals surface area contributed by atoms with Gasteiger partial charge in [-0.15, -0.1) is 0 Å². The summed E-state index contributed by atoms with van der Waals surface area (Å²) in [6.45, 7) is 6.06. The molecule has 0 aromatic heterocycles. The van der Waals surface area contributed by atoms with Crippen LogP contribution in [0.5, 0.6) is 0 Å². The van der Waals surface area contributed by atoms with Gasteiger partial charge in [-0.3, -0.25) is 5.01 Å². The van der Waals surface area contributed by atoms with Crippen LogP contribution in [0.2, 0.25) is 0 Å². The lowest BCUT2D eigenvalue weighted by molar-refractivity contribution is 0.149. The molecule has 2 aliphatic rings. The molecule has 0 radical (unpaired) electrons. The van der Waals surface area contributed by atoms with Crippen molar-refractivity contribution in [3.05, 3.63) is 24.2 Å². The van der Waals surface area contributed by atoms with Crippen molar-refractivity contribution in [2.24, 2.45) is 0 Å². The maximum absolute atomic E-state index is 5.08. The highest BCUT2D eigenvalue weighted by Crippen LogP contribution is 2.12. The standard InChI is InChI=1S/C12H22N4O/c1-14-5-7-15(8-6-14)12-3-4-13-16(11-12)9-10-17-2/h3-4,11,13H,5-10H2,1-2H3. The van der Waals surface area contributed by atoms with Gasteiger partial charge in [-0.2, -0.15) is 0 Å². The fourth-order valence-electron chi connectivity index (χ4n) is 2.03. The van der Waals surface area contributed by atoms with Gasteiger partial charge in [0.1, 0.15) is 0 Å². The summed E-state index contributed by atoms with van der Waals surface area (Å²) in [5, 5.41) is 2.07. The van der Waals surface area contributed by atoms with Gasteiger partial charge in [0, 0.05) is 45.7 Å². The number of piperazine rings is 1. The molecule has 2 heterocycles. The minimum atomic E-state index is 0.730. The molecular weight excluding hydrogens is 216 g/mol. The Morgan fingerprint density at radius 3 is 2.76 bits per heavy atom. The predicted octanol–water partition coefficient (Wildman–Crippen LogP) is 0.0555. The van der Waals surface area contributed by atoms with Crippen LogP contribution in [0.4, 0.5) is 0 Å². The average Bonchev–Trinajstić information content (AvgIpc) is 2.37. The molecule has 17 heavy (non-hydrogen) atoms. The topological polar surface area (TPSA) is 31.0 Å². The Labute approximate surface area is 103 Å². The number of ether oxygens (including phenoxy) is 1. The molecule has 0 bridgehead atoms. The maximum atomic E-state index is 5.08. The fraction of sp³-hybridized carbons (Fsp3) is 0.667. The smallest absolute Gasteiger partial charge is 0.0658 e. The lowest BCUT2D eigenvalue weighted by Gasteiger charge is -2.36. The SMILES string of the molecule is COCCN1C=C(N2CCN(C)CC2)C=CN1. The molecule has 0 spiro atoms. The van der Waals surface area contributed by atoms with Gasteiger partial charge in [0.25, 0.3) is 0 Å². The molecule has 5 heteroatoms. The maximum Gasteiger partial charge on any atom is 0.0658 e. The minimum Gasteiger partial charge on any atom is -0.383 e. The van der Waals surface area contributed by atoms with E-state index < -0.39 is 0 Å². The first-order chi connectivity index (χ1) is 8.29. The van der Waals surface area contributed by atoms with E-state index in [1.807, 2.05) is 6.20 Å². The zero-order chi connectivity index (χ0) is 12.1. The molecule has 5 nitrogen and oxygen atoms in total. The number of likely N-dealkylation sites (N-methyl/N-ethyl adjacent to an activating group) is 1. The van der Waals surface area contributed by atoms with Crippen LogP contribution >= 0.6 is 0 Å². The number of methoxy groups -OCH3 is 1.